The van der Waals surface area contributed by atoms with Crippen LogP contribution < -0.4 is 5.19 Å². The molecule has 0 bridgehead atoms. The molecule has 9 aromatic rings. The molecule has 0 saturated carbocycles. The summed E-state index contributed by atoms with van der Waals surface area (Å²) in [7, 11) is -1.37. The van der Waals surface area contributed by atoms with Crippen molar-refractivity contribution in [1.82, 2.24) is 15.0 Å². The molecule has 2 heterocycles. The second kappa shape index (κ2) is 12.3. The van der Waals surface area contributed by atoms with E-state index in [9.17, 15) is 0 Å². The summed E-state index contributed by atoms with van der Waals surface area (Å²) >= 11 is 0. The molecule has 2 aromatic heterocycles. The third-order valence-electron chi connectivity index (χ3n) is 9.69. The molecule has 0 spiro atoms. The van der Waals surface area contributed by atoms with Gasteiger partial charge >= 0.3 is 0 Å². The lowest BCUT2D eigenvalue weighted by atomic mass is 9.98. The van der Waals surface area contributed by atoms with E-state index in [-0.39, 0.29) is 0 Å². The third kappa shape index (κ3) is 5.82. The van der Waals surface area contributed by atoms with E-state index in [0.717, 1.165) is 55.1 Å². The monoisotopic (exact) mass is 673 g/mol. The van der Waals surface area contributed by atoms with Crippen molar-refractivity contribution in [3.63, 3.8) is 0 Å². The molecule has 0 aliphatic carbocycles. The molecule has 0 radical (unpaired) electrons. The maximum Gasteiger partial charge on any atom is 0.167 e. The predicted octanol–water partition coefficient (Wildman–Crippen LogP) is 11.8. The molecule has 4 nitrogen and oxygen atoms in total. The summed E-state index contributed by atoms with van der Waals surface area (Å²) in [5.41, 5.74) is 8.94. The largest absolute Gasteiger partial charge is 0.455 e. The second-order valence-corrected chi connectivity index (χ2v) is 19.2. The van der Waals surface area contributed by atoms with E-state index in [4.69, 9.17) is 19.4 Å². The number of hydrogen-bond acceptors (Lipinski definition) is 4. The zero-order valence-electron chi connectivity index (χ0n) is 28.8. The molecule has 0 saturated heterocycles. The van der Waals surface area contributed by atoms with Crippen molar-refractivity contribution in [2.75, 3.05) is 0 Å². The van der Waals surface area contributed by atoms with Crippen LogP contribution in [0, 0.1) is 0 Å². The van der Waals surface area contributed by atoms with Crippen molar-refractivity contribution in [1.29, 1.82) is 0 Å². The van der Waals surface area contributed by atoms with Crippen LogP contribution in [0.1, 0.15) is 0 Å². The fraction of sp³-hybridized carbons (Fsp3) is 0.0652. The van der Waals surface area contributed by atoms with Gasteiger partial charge < -0.3 is 4.42 Å². The number of benzene rings is 7. The number of hydrogen-bond donors (Lipinski definition) is 0. The van der Waals surface area contributed by atoms with Crippen LogP contribution in [0.5, 0.6) is 0 Å². The molecule has 244 valence electrons. The maximum atomic E-state index is 6.44. The summed E-state index contributed by atoms with van der Waals surface area (Å²) in [6, 6.07) is 55.4. The number of para-hydroxylation sites is 2. The van der Waals surface area contributed by atoms with Gasteiger partial charge in [0.25, 0.3) is 0 Å². The van der Waals surface area contributed by atoms with Crippen LogP contribution in [0.25, 0.3) is 89.1 Å². The average molecular weight is 674 g/mol. The summed E-state index contributed by atoms with van der Waals surface area (Å²) in [5, 5.41) is 5.88. The fourth-order valence-corrected chi connectivity index (χ4v) is 8.05. The van der Waals surface area contributed by atoms with Crippen LogP contribution in [0.3, 0.4) is 0 Å². The Hall–Kier alpha value is -6.17. The lowest BCUT2D eigenvalue weighted by molar-refractivity contribution is 0.669. The first-order valence-electron chi connectivity index (χ1n) is 17.4. The second-order valence-electron chi connectivity index (χ2n) is 14.1. The lowest BCUT2D eigenvalue weighted by Gasteiger charge is -2.17. The van der Waals surface area contributed by atoms with Crippen molar-refractivity contribution in [2.24, 2.45) is 0 Å². The van der Waals surface area contributed by atoms with Crippen LogP contribution in [0.15, 0.2) is 162 Å². The summed E-state index contributed by atoms with van der Waals surface area (Å²) in [6.07, 6.45) is 0. The zero-order valence-corrected chi connectivity index (χ0v) is 29.8. The number of nitrogens with zero attached hydrogens (tertiary/aromatic N) is 3. The van der Waals surface area contributed by atoms with Crippen LogP contribution >= 0.6 is 0 Å². The molecular formula is C46H35N3OSi. The van der Waals surface area contributed by atoms with E-state index in [1.807, 2.05) is 30.3 Å². The highest BCUT2D eigenvalue weighted by molar-refractivity contribution is 6.88. The summed E-state index contributed by atoms with van der Waals surface area (Å²) in [4.78, 5) is 15.3. The summed E-state index contributed by atoms with van der Waals surface area (Å²) in [5.74, 6) is 1.79. The van der Waals surface area contributed by atoms with E-state index in [0.29, 0.717) is 17.5 Å². The highest BCUT2D eigenvalue weighted by Gasteiger charge is 2.19. The minimum atomic E-state index is -1.37. The Bertz CT molecular complexity index is 2740. The van der Waals surface area contributed by atoms with Gasteiger partial charge in [-0.1, -0.05) is 152 Å². The predicted molar refractivity (Wildman–Crippen MR) is 215 cm³/mol. The molecule has 9 rings (SSSR count). The molecule has 7 aromatic carbocycles. The van der Waals surface area contributed by atoms with Gasteiger partial charge in [-0.3, -0.25) is 0 Å². The molecule has 0 aliphatic rings. The first-order chi connectivity index (χ1) is 24.9. The van der Waals surface area contributed by atoms with Crippen molar-refractivity contribution < 1.29 is 4.42 Å². The number of aromatic nitrogens is 3. The zero-order chi connectivity index (χ0) is 34.5. The fourth-order valence-electron chi connectivity index (χ4n) is 6.89. The molecule has 0 aliphatic heterocycles. The topological polar surface area (TPSA) is 51.8 Å². The highest BCUT2D eigenvalue weighted by Crippen LogP contribution is 2.36. The Labute approximate surface area is 298 Å². The normalized spacial score (nSPS) is 11.8. The van der Waals surface area contributed by atoms with Crippen LogP contribution in [-0.4, -0.2) is 23.0 Å². The van der Waals surface area contributed by atoms with Gasteiger partial charge in [0.05, 0.1) is 13.6 Å². The van der Waals surface area contributed by atoms with Crippen molar-refractivity contribution in [3.8, 4) is 56.4 Å². The van der Waals surface area contributed by atoms with Crippen LogP contribution in [-0.2, 0) is 0 Å². The highest BCUT2D eigenvalue weighted by atomic mass is 28.3. The molecular weight excluding hydrogens is 639 g/mol. The van der Waals surface area contributed by atoms with E-state index < -0.39 is 8.07 Å². The number of rotatable bonds is 6. The van der Waals surface area contributed by atoms with Crippen molar-refractivity contribution >= 4 is 46.0 Å². The Kier molecular flexibility index (Phi) is 7.44. The SMILES string of the molecule is C[Si](C)(C)c1ccc(-c2cccc(-c3cccc(-c4nc(-c5ccc6ccccc6c5)nc(-c5cccc6c5oc5ccccc56)n4)c3)c2)cc1. The van der Waals surface area contributed by atoms with E-state index in [1.54, 1.807) is 0 Å². The molecule has 5 heteroatoms. The molecule has 0 amide bonds. The first kappa shape index (κ1) is 30.9. The van der Waals surface area contributed by atoms with Gasteiger partial charge in [-0.15, -0.1) is 0 Å². The maximum absolute atomic E-state index is 6.44. The Balaban J connectivity index is 1.17. The summed E-state index contributed by atoms with van der Waals surface area (Å²) < 4.78 is 6.44. The quantitative estimate of drug-likeness (QED) is 0.165. The van der Waals surface area contributed by atoms with Crippen LogP contribution in [0.2, 0.25) is 19.6 Å². The minimum Gasteiger partial charge on any atom is -0.455 e. The Morgan fingerprint density at radius 1 is 0.412 bits per heavy atom. The van der Waals surface area contributed by atoms with E-state index >= 15 is 0 Å². The average Bonchev–Trinajstić information content (AvgIpc) is 3.56. The van der Waals surface area contributed by atoms with Gasteiger partial charge in [-0.25, -0.2) is 15.0 Å². The third-order valence-corrected chi connectivity index (χ3v) is 11.8. The van der Waals surface area contributed by atoms with Gasteiger partial charge in [0, 0.05) is 21.9 Å². The molecule has 51 heavy (non-hydrogen) atoms. The molecule has 0 N–H and O–H groups in total. The Morgan fingerprint density at radius 2 is 0.961 bits per heavy atom. The van der Waals surface area contributed by atoms with Gasteiger partial charge in [0.1, 0.15) is 11.2 Å². The summed E-state index contributed by atoms with van der Waals surface area (Å²) in [6.45, 7) is 7.15. The van der Waals surface area contributed by atoms with E-state index in [1.165, 1.54) is 21.7 Å². The molecule has 0 unspecified atom stereocenters. The minimum absolute atomic E-state index is 0.571. The molecule has 0 atom stereocenters. The van der Waals surface area contributed by atoms with Crippen molar-refractivity contribution in [3.05, 3.63) is 158 Å². The van der Waals surface area contributed by atoms with Gasteiger partial charge in [0.2, 0.25) is 0 Å². The molecule has 0 fully saturated rings. The standard InChI is InChI=1S/C46H35N3OSi/c1-51(2,3)38-25-23-31(24-26-38)33-13-8-14-34(27-33)35-15-9-16-36(29-35)44-47-45(37-22-21-30-11-4-5-12-32(30)28-37)49-46(48-44)41-19-10-18-40-39-17-6-7-20-42(39)50-43(40)41/h4-29H,1-3H3. The van der Waals surface area contributed by atoms with Gasteiger partial charge in [0.15, 0.2) is 17.5 Å². The Morgan fingerprint density at radius 3 is 1.71 bits per heavy atom. The van der Waals surface area contributed by atoms with Gasteiger partial charge in [-0.05, 0) is 63.4 Å². The van der Waals surface area contributed by atoms with Gasteiger partial charge in [-0.2, -0.15) is 0 Å². The number of fused-ring (bicyclic) bond motifs is 4. The lowest BCUT2D eigenvalue weighted by Crippen LogP contribution is -2.37. The van der Waals surface area contributed by atoms with Crippen LogP contribution in [0.4, 0.5) is 0 Å². The van der Waals surface area contributed by atoms with E-state index in [2.05, 4.69) is 147 Å². The first-order valence-corrected chi connectivity index (χ1v) is 20.9. The smallest absolute Gasteiger partial charge is 0.167 e. The van der Waals surface area contributed by atoms with Crippen molar-refractivity contribution in [2.45, 2.75) is 19.6 Å². The number of furan rings is 1.